The molecule has 2 saturated heterocycles. The Bertz CT molecular complexity index is 491. The van der Waals surface area contributed by atoms with E-state index in [0.717, 1.165) is 6.42 Å². The Labute approximate surface area is 125 Å². The van der Waals surface area contributed by atoms with Crippen LogP contribution in [0.15, 0.2) is 11.6 Å². The molecule has 1 aliphatic carbocycles. The number of ketones is 1. The third-order valence-corrected chi connectivity index (χ3v) is 5.31. The number of rotatable bonds is 4. The van der Waals surface area contributed by atoms with Gasteiger partial charge in [0.05, 0.1) is 12.7 Å². The molecule has 1 spiro atoms. The van der Waals surface area contributed by atoms with Gasteiger partial charge in [0.1, 0.15) is 17.3 Å². The van der Waals surface area contributed by atoms with Gasteiger partial charge < -0.3 is 19.3 Å². The first-order valence-electron chi connectivity index (χ1n) is 7.54. The first-order chi connectivity index (χ1) is 9.81. The standard InChI is InChI=1S/C16H24O5/c1-10(2)5-6-12-14(3,21-12)16(18)13(19-4)11(17)7-8-15(16)9-20-15/h5,12-13,18H,6-9H2,1-4H3/t12-,13-,14+,15-,16+/m1/s1. The first kappa shape index (κ1) is 15.2. The fourth-order valence-electron chi connectivity index (χ4n) is 3.80. The van der Waals surface area contributed by atoms with Gasteiger partial charge >= 0.3 is 0 Å². The van der Waals surface area contributed by atoms with Gasteiger partial charge in [-0.15, -0.1) is 0 Å². The predicted molar refractivity (Wildman–Crippen MR) is 76.0 cm³/mol. The van der Waals surface area contributed by atoms with Crippen molar-refractivity contribution >= 4 is 5.78 Å². The number of carbonyl (C=O) groups is 1. The highest BCUT2D eigenvalue weighted by molar-refractivity contribution is 5.87. The molecule has 5 heteroatoms. The second-order valence-electron chi connectivity index (χ2n) is 6.86. The quantitative estimate of drug-likeness (QED) is 0.627. The maximum Gasteiger partial charge on any atom is 0.164 e. The monoisotopic (exact) mass is 296 g/mol. The molecule has 21 heavy (non-hydrogen) atoms. The predicted octanol–water partition coefficient (Wildman–Crippen LogP) is 1.38. The van der Waals surface area contributed by atoms with Crippen molar-refractivity contribution in [2.45, 2.75) is 69.0 Å². The molecule has 3 rings (SSSR count). The van der Waals surface area contributed by atoms with Crippen LogP contribution in [0.2, 0.25) is 0 Å². The molecule has 0 aromatic heterocycles. The van der Waals surface area contributed by atoms with Gasteiger partial charge in [0, 0.05) is 13.5 Å². The lowest BCUT2D eigenvalue weighted by molar-refractivity contribution is -0.193. The van der Waals surface area contributed by atoms with Gasteiger partial charge in [0.15, 0.2) is 11.4 Å². The normalized spacial score (nSPS) is 48.3. The second kappa shape index (κ2) is 4.62. The van der Waals surface area contributed by atoms with Gasteiger partial charge in [-0.3, -0.25) is 4.79 Å². The fraction of sp³-hybridized carbons (Fsp3) is 0.812. The Hall–Kier alpha value is -0.750. The zero-order valence-corrected chi connectivity index (χ0v) is 13.1. The van der Waals surface area contributed by atoms with Crippen molar-refractivity contribution in [2.75, 3.05) is 13.7 Å². The number of hydrogen-bond acceptors (Lipinski definition) is 5. The molecule has 1 saturated carbocycles. The Morgan fingerprint density at radius 2 is 2.19 bits per heavy atom. The van der Waals surface area contributed by atoms with Crippen LogP contribution in [0.4, 0.5) is 0 Å². The van der Waals surface area contributed by atoms with E-state index in [1.807, 2.05) is 20.8 Å². The summed E-state index contributed by atoms with van der Waals surface area (Å²) in [5.41, 5.74) is -1.69. The highest BCUT2D eigenvalue weighted by Crippen LogP contribution is 2.61. The summed E-state index contributed by atoms with van der Waals surface area (Å²) in [5, 5.41) is 11.4. The average molecular weight is 296 g/mol. The van der Waals surface area contributed by atoms with E-state index in [-0.39, 0.29) is 11.9 Å². The average Bonchev–Trinajstić information content (AvgIpc) is 3.31. The van der Waals surface area contributed by atoms with Crippen LogP contribution in [0, 0.1) is 0 Å². The van der Waals surface area contributed by atoms with Crippen molar-refractivity contribution in [3.05, 3.63) is 11.6 Å². The third kappa shape index (κ3) is 1.95. The number of Topliss-reactive ketones (excluding diaryl/α,β-unsaturated/α-hetero) is 1. The van der Waals surface area contributed by atoms with Gasteiger partial charge in [-0.1, -0.05) is 11.6 Å². The SMILES string of the molecule is CO[C@@H]1C(=O)CC[C@@]2(CO2)[C@@]1(O)[C@@]1(C)O[C@@H]1CC=C(C)C. The number of hydrogen-bond donors (Lipinski definition) is 1. The highest BCUT2D eigenvalue weighted by Gasteiger charge is 2.81. The maximum absolute atomic E-state index is 12.2. The lowest BCUT2D eigenvalue weighted by Gasteiger charge is -2.45. The maximum atomic E-state index is 12.2. The molecule has 2 heterocycles. The highest BCUT2D eigenvalue weighted by atomic mass is 16.7. The number of allylic oxidation sites excluding steroid dienone is 1. The minimum Gasteiger partial charge on any atom is -0.380 e. The molecule has 5 nitrogen and oxygen atoms in total. The summed E-state index contributed by atoms with van der Waals surface area (Å²) in [6, 6.07) is 0. The van der Waals surface area contributed by atoms with Gasteiger partial charge in [-0.2, -0.15) is 0 Å². The molecule has 3 aliphatic rings. The molecule has 1 N–H and O–H groups in total. The first-order valence-corrected chi connectivity index (χ1v) is 7.54. The molecule has 0 radical (unpaired) electrons. The minimum atomic E-state index is -1.41. The molecule has 0 amide bonds. The van der Waals surface area contributed by atoms with Crippen molar-refractivity contribution in [1.82, 2.24) is 0 Å². The molecule has 0 bridgehead atoms. The van der Waals surface area contributed by atoms with Gasteiger partial charge in [0.25, 0.3) is 0 Å². The Kier molecular flexibility index (Phi) is 3.34. The summed E-state index contributed by atoms with van der Waals surface area (Å²) in [5.74, 6) is -0.0705. The van der Waals surface area contributed by atoms with Crippen LogP contribution >= 0.6 is 0 Å². The molecule has 118 valence electrons. The van der Waals surface area contributed by atoms with Crippen LogP contribution in [0.5, 0.6) is 0 Å². The van der Waals surface area contributed by atoms with E-state index in [2.05, 4.69) is 6.08 Å². The number of aliphatic hydroxyl groups is 1. The Morgan fingerprint density at radius 1 is 1.52 bits per heavy atom. The van der Waals surface area contributed by atoms with Crippen molar-refractivity contribution in [3.63, 3.8) is 0 Å². The van der Waals surface area contributed by atoms with Crippen LogP contribution < -0.4 is 0 Å². The van der Waals surface area contributed by atoms with Crippen LogP contribution in [0.25, 0.3) is 0 Å². The number of carbonyl (C=O) groups excluding carboxylic acids is 1. The summed E-state index contributed by atoms with van der Waals surface area (Å²) in [6.45, 7) is 6.39. The smallest absolute Gasteiger partial charge is 0.164 e. The molecular weight excluding hydrogens is 272 g/mol. The van der Waals surface area contributed by atoms with Crippen LogP contribution in [0.1, 0.15) is 40.0 Å². The summed E-state index contributed by atoms with van der Waals surface area (Å²) in [4.78, 5) is 12.2. The molecule has 0 aromatic carbocycles. The van der Waals surface area contributed by atoms with Gasteiger partial charge in [-0.25, -0.2) is 0 Å². The summed E-state index contributed by atoms with van der Waals surface area (Å²) in [6.07, 6.45) is 2.75. The Morgan fingerprint density at radius 3 is 2.71 bits per heavy atom. The lowest BCUT2D eigenvalue weighted by atomic mass is 9.65. The van der Waals surface area contributed by atoms with E-state index in [1.165, 1.54) is 12.7 Å². The van der Waals surface area contributed by atoms with Crippen molar-refractivity contribution in [1.29, 1.82) is 0 Å². The van der Waals surface area contributed by atoms with Crippen molar-refractivity contribution < 1.29 is 24.1 Å². The van der Waals surface area contributed by atoms with Crippen molar-refractivity contribution in [3.8, 4) is 0 Å². The van der Waals surface area contributed by atoms with Crippen molar-refractivity contribution in [2.24, 2.45) is 0 Å². The minimum absolute atomic E-state index is 0.0705. The van der Waals surface area contributed by atoms with E-state index in [4.69, 9.17) is 14.2 Å². The fourth-order valence-corrected chi connectivity index (χ4v) is 3.80. The van der Waals surface area contributed by atoms with Gasteiger partial charge in [0.2, 0.25) is 0 Å². The van der Waals surface area contributed by atoms with E-state index in [1.54, 1.807) is 0 Å². The molecular formula is C16H24O5. The lowest BCUT2D eigenvalue weighted by Crippen LogP contribution is -2.69. The molecule has 5 atom stereocenters. The molecule has 2 aliphatic heterocycles. The zero-order valence-electron chi connectivity index (χ0n) is 13.1. The number of methoxy groups -OCH3 is 1. The third-order valence-electron chi connectivity index (χ3n) is 5.31. The molecule has 3 fully saturated rings. The van der Waals surface area contributed by atoms with E-state index >= 15 is 0 Å². The Balaban J connectivity index is 1.90. The van der Waals surface area contributed by atoms with Crippen LogP contribution in [0.3, 0.4) is 0 Å². The molecule has 0 unspecified atom stereocenters. The van der Waals surface area contributed by atoms with E-state index in [0.29, 0.717) is 19.4 Å². The van der Waals surface area contributed by atoms with E-state index in [9.17, 15) is 9.90 Å². The largest absolute Gasteiger partial charge is 0.380 e. The topological polar surface area (TPSA) is 71.6 Å². The van der Waals surface area contributed by atoms with Gasteiger partial charge in [-0.05, 0) is 33.6 Å². The van der Waals surface area contributed by atoms with E-state index < -0.39 is 22.9 Å². The summed E-state index contributed by atoms with van der Waals surface area (Å²) in [7, 11) is 1.46. The number of epoxide rings is 2. The van der Waals surface area contributed by atoms with Crippen LogP contribution in [-0.2, 0) is 19.0 Å². The second-order valence-corrected chi connectivity index (χ2v) is 6.86. The molecule has 0 aromatic rings. The zero-order chi connectivity index (χ0) is 15.5. The summed E-state index contributed by atoms with van der Waals surface area (Å²) >= 11 is 0. The van der Waals surface area contributed by atoms with Crippen LogP contribution in [-0.4, -0.2) is 53.6 Å². The number of ether oxygens (including phenoxy) is 3. The summed E-state index contributed by atoms with van der Waals surface area (Å²) < 4.78 is 16.8.